The van der Waals surface area contributed by atoms with Crippen molar-refractivity contribution in [2.45, 2.75) is 50.3 Å². The number of hydrogen-bond donors (Lipinski definition) is 1. The molecule has 0 aromatic heterocycles. The first-order valence-electron chi connectivity index (χ1n) is 6.88. The molecule has 1 heterocycles. The molecule has 4 heteroatoms. The van der Waals surface area contributed by atoms with Crippen molar-refractivity contribution < 1.29 is 9.50 Å². The van der Waals surface area contributed by atoms with E-state index in [1.165, 1.54) is 25.0 Å². The van der Waals surface area contributed by atoms with Crippen LogP contribution < -0.4 is 0 Å². The van der Waals surface area contributed by atoms with Gasteiger partial charge in [-0.15, -0.1) is 0 Å². The van der Waals surface area contributed by atoms with E-state index in [-0.39, 0.29) is 5.82 Å². The summed E-state index contributed by atoms with van der Waals surface area (Å²) in [6, 6.07) is 5.96. The van der Waals surface area contributed by atoms with Crippen LogP contribution in [0.25, 0.3) is 0 Å². The maximum Gasteiger partial charge on any atom is 0.124 e. The molecule has 2 aliphatic rings. The van der Waals surface area contributed by atoms with Gasteiger partial charge in [-0.3, -0.25) is 4.90 Å². The Morgan fingerprint density at radius 2 is 2.16 bits per heavy atom. The molecule has 1 saturated carbocycles. The van der Waals surface area contributed by atoms with Crippen molar-refractivity contribution in [1.82, 2.24) is 4.90 Å². The van der Waals surface area contributed by atoms with Crippen LogP contribution in [0.1, 0.15) is 31.7 Å². The molecule has 1 aromatic rings. The fraction of sp³-hybridized carbons (Fsp3) is 0.600. The Bertz CT molecular complexity index is 471. The van der Waals surface area contributed by atoms with E-state index in [2.05, 4.69) is 27.8 Å². The van der Waals surface area contributed by atoms with Crippen molar-refractivity contribution in [2.24, 2.45) is 0 Å². The Morgan fingerprint density at radius 3 is 2.79 bits per heavy atom. The standard InChI is InChI=1S/C15H19BrFNO/c1-10-7-15(19,9-18(10)14-2-3-14)8-11-4-12(16)6-13(17)5-11/h4-6,10,14,19H,2-3,7-9H2,1H3. The fourth-order valence-corrected chi connectivity index (χ4v) is 3.86. The second kappa shape index (κ2) is 4.83. The van der Waals surface area contributed by atoms with Gasteiger partial charge in [0.1, 0.15) is 5.82 Å². The highest BCUT2D eigenvalue weighted by Gasteiger charge is 2.45. The second-order valence-corrected chi connectivity index (χ2v) is 7.05. The zero-order chi connectivity index (χ0) is 13.6. The van der Waals surface area contributed by atoms with Crippen molar-refractivity contribution in [2.75, 3.05) is 6.54 Å². The SMILES string of the molecule is CC1CC(O)(Cc2cc(F)cc(Br)c2)CN1C1CC1. The number of aliphatic hydroxyl groups is 1. The third-order valence-corrected chi connectivity index (χ3v) is 4.65. The Balaban J connectivity index is 1.74. The van der Waals surface area contributed by atoms with E-state index in [9.17, 15) is 9.50 Å². The molecule has 2 nitrogen and oxygen atoms in total. The van der Waals surface area contributed by atoms with E-state index in [1.807, 2.05) is 6.07 Å². The molecule has 1 N–H and O–H groups in total. The highest BCUT2D eigenvalue weighted by Crippen LogP contribution is 2.38. The second-order valence-electron chi connectivity index (χ2n) is 6.14. The molecule has 1 saturated heterocycles. The van der Waals surface area contributed by atoms with Crippen LogP contribution in [0.15, 0.2) is 22.7 Å². The molecule has 0 amide bonds. The van der Waals surface area contributed by atoms with Crippen molar-refractivity contribution in [1.29, 1.82) is 0 Å². The van der Waals surface area contributed by atoms with Gasteiger partial charge in [0, 0.05) is 29.5 Å². The molecular weight excluding hydrogens is 309 g/mol. The predicted octanol–water partition coefficient (Wildman–Crippen LogP) is 3.12. The first-order chi connectivity index (χ1) is 8.95. The Kier molecular flexibility index (Phi) is 3.44. The molecule has 2 unspecified atom stereocenters. The normalized spacial score (nSPS) is 31.9. The van der Waals surface area contributed by atoms with Gasteiger partial charge in [0.2, 0.25) is 0 Å². The minimum atomic E-state index is -0.713. The summed E-state index contributed by atoms with van der Waals surface area (Å²) in [7, 11) is 0. The van der Waals surface area contributed by atoms with Gasteiger partial charge in [-0.05, 0) is 49.9 Å². The van der Waals surface area contributed by atoms with Crippen LogP contribution in [-0.4, -0.2) is 34.2 Å². The lowest BCUT2D eigenvalue weighted by Gasteiger charge is -2.24. The summed E-state index contributed by atoms with van der Waals surface area (Å²) in [5.74, 6) is -0.252. The molecule has 1 aromatic carbocycles. The topological polar surface area (TPSA) is 23.5 Å². The minimum Gasteiger partial charge on any atom is -0.388 e. The summed E-state index contributed by atoms with van der Waals surface area (Å²) in [6.45, 7) is 2.89. The summed E-state index contributed by atoms with van der Waals surface area (Å²) in [5.41, 5.74) is 0.147. The Hall–Kier alpha value is -0.450. The molecule has 2 fully saturated rings. The van der Waals surface area contributed by atoms with Crippen LogP contribution >= 0.6 is 15.9 Å². The first kappa shape index (κ1) is 13.5. The van der Waals surface area contributed by atoms with Crippen molar-refractivity contribution >= 4 is 15.9 Å². The predicted molar refractivity (Wildman–Crippen MR) is 76.6 cm³/mol. The van der Waals surface area contributed by atoms with Gasteiger partial charge < -0.3 is 5.11 Å². The highest BCUT2D eigenvalue weighted by molar-refractivity contribution is 9.10. The van der Waals surface area contributed by atoms with Crippen molar-refractivity contribution in [3.8, 4) is 0 Å². The minimum absolute atomic E-state index is 0.252. The van der Waals surface area contributed by atoms with E-state index < -0.39 is 5.60 Å². The van der Waals surface area contributed by atoms with Gasteiger partial charge in [-0.25, -0.2) is 4.39 Å². The fourth-order valence-electron chi connectivity index (χ4n) is 3.34. The van der Waals surface area contributed by atoms with Crippen molar-refractivity contribution in [3.63, 3.8) is 0 Å². The average molecular weight is 328 g/mol. The lowest BCUT2D eigenvalue weighted by atomic mass is 9.92. The lowest BCUT2D eigenvalue weighted by molar-refractivity contribution is 0.0486. The van der Waals surface area contributed by atoms with Crippen LogP contribution in [0.3, 0.4) is 0 Å². The number of rotatable bonds is 3. The van der Waals surface area contributed by atoms with E-state index in [1.54, 1.807) is 0 Å². The largest absolute Gasteiger partial charge is 0.388 e. The number of benzene rings is 1. The summed E-state index contributed by atoms with van der Waals surface area (Å²) in [5, 5.41) is 10.8. The molecule has 104 valence electrons. The van der Waals surface area contributed by atoms with Crippen LogP contribution in [0.5, 0.6) is 0 Å². The van der Waals surface area contributed by atoms with E-state index >= 15 is 0 Å². The van der Waals surface area contributed by atoms with Gasteiger partial charge in [-0.2, -0.15) is 0 Å². The van der Waals surface area contributed by atoms with E-state index in [0.717, 1.165) is 16.5 Å². The quantitative estimate of drug-likeness (QED) is 0.922. The number of likely N-dealkylation sites (tertiary alicyclic amines) is 1. The van der Waals surface area contributed by atoms with Crippen LogP contribution in [-0.2, 0) is 6.42 Å². The van der Waals surface area contributed by atoms with E-state index in [4.69, 9.17) is 0 Å². The van der Waals surface area contributed by atoms with Gasteiger partial charge in [-0.1, -0.05) is 15.9 Å². The van der Waals surface area contributed by atoms with Crippen LogP contribution in [0, 0.1) is 5.82 Å². The first-order valence-corrected chi connectivity index (χ1v) is 7.68. The summed E-state index contributed by atoms with van der Waals surface area (Å²) in [4.78, 5) is 2.41. The average Bonchev–Trinajstić information content (AvgIpc) is 3.03. The zero-order valence-corrected chi connectivity index (χ0v) is 12.7. The summed E-state index contributed by atoms with van der Waals surface area (Å²) >= 11 is 3.30. The smallest absolute Gasteiger partial charge is 0.124 e. The van der Waals surface area contributed by atoms with Gasteiger partial charge in [0.15, 0.2) is 0 Å². The molecular formula is C15H19BrFNO. The summed E-state index contributed by atoms with van der Waals surface area (Å²) in [6.07, 6.45) is 3.81. The van der Waals surface area contributed by atoms with Gasteiger partial charge in [0.05, 0.1) is 5.60 Å². The monoisotopic (exact) mass is 327 g/mol. The molecule has 0 radical (unpaired) electrons. The van der Waals surface area contributed by atoms with Gasteiger partial charge in [0.25, 0.3) is 0 Å². The van der Waals surface area contributed by atoms with Crippen LogP contribution in [0.4, 0.5) is 4.39 Å². The zero-order valence-electron chi connectivity index (χ0n) is 11.1. The number of halogens is 2. The number of β-amino-alcohol motifs (C(OH)–C–C–N with tert-alkyl or cyclic N) is 1. The third-order valence-electron chi connectivity index (χ3n) is 4.19. The molecule has 0 spiro atoms. The third kappa shape index (κ3) is 3.01. The maximum atomic E-state index is 13.4. The Morgan fingerprint density at radius 1 is 1.42 bits per heavy atom. The van der Waals surface area contributed by atoms with E-state index in [0.29, 0.717) is 25.0 Å². The summed E-state index contributed by atoms with van der Waals surface area (Å²) < 4.78 is 14.1. The molecule has 0 bridgehead atoms. The van der Waals surface area contributed by atoms with Crippen molar-refractivity contribution in [3.05, 3.63) is 34.1 Å². The molecule has 3 rings (SSSR count). The van der Waals surface area contributed by atoms with Gasteiger partial charge >= 0.3 is 0 Å². The molecule has 19 heavy (non-hydrogen) atoms. The molecule has 2 atom stereocenters. The number of nitrogens with zero attached hydrogens (tertiary/aromatic N) is 1. The molecule has 1 aliphatic heterocycles. The highest BCUT2D eigenvalue weighted by atomic mass is 79.9. The lowest BCUT2D eigenvalue weighted by Crippen LogP contribution is -2.36. The van der Waals surface area contributed by atoms with Crippen LogP contribution in [0.2, 0.25) is 0 Å². The Labute approximate surface area is 121 Å². The maximum absolute atomic E-state index is 13.4. The number of hydrogen-bond acceptors (Lipinski definition) is 2. The molecule has 1 aliphatic carbocycles.